The fraction of sp³-hybridized carbons (Fsp3) is 0.467. The van der Waals surface area contributed by atoms with Gasteiger partial charge in [-0.25, -0.2) is 0 Å². The second kappa shape index (κ2) is 6.92. The molecule has 4 nitrogen and oxygen atoms in total. The quantitative estimate of drug-likeness (QED) is 0.630. The van der Waals surface area contributed by atoms with E-state index in [1.807, 2.05) is 13.0 Å². The van der Waals surface area contributed by atoms with Crippen LogP contribution < -0.4 is 10.1 Å². The van der Waals surface area contributed by atoms with Gasteiger partial charge in [0.15, 0.2) is 0 Å². The summed E-state index contributed by atoms with van der Waals surface area (Å²) < 4.78 is 5.39. The highest BCUT2D eigenvalue weighted by atomic mass is 16.5. The molecule has 0 unspecified atom stereocenters. The van der Waals surface area contributed by atoms with Crippen LogP contribution in [0.3, 0.4) is 0 Å². The van der Waals surface area contributed by atoms with E-state index in [2.05, 4.69) is 25.2 Å². The zero-order valence-corrected chi connectivity index (χ0v) is 11.9. The van der Waals surface area contributed by atoms with E-state index in [1.165, 1.54) is 0 Å². The van der Waals surface area contributed by atoms with Crippen LogP contribution in [-0.2, 0) is 16.0 Å². The average molecular weight is 263 g/mol. The predicted molar refractivity (Wildman–Crippen MR) is 74.6 cm³/mol. The molecule has 0 aliphatic carbocycles. The minimum absolute atomic E-state index is 0.292. The van der Waals surface area contributed by atoms with Crippen molar-refractivity contribution in [3.05, 3.63) is 28.8 Å². The molecule has 1 amide bonds. The fourth-order valence-electron chi connectivity index (χ4n) is 2.00. The molecule has 0 aliphatic rings. The molecule has 1 aromatic rings. The first-order valence-electron chi connectivity index (χ1n) is 6.40. The summed E-state index contributed by atoms with van der Waals surface area (Å²) in [5.74, 6) is 0.697. The van der Waals surface area contributed by atoms with Crippen LogP contribution in [0.5, 0.6) is 5.75 Å². The van der Waals surface area contributed by atoms with Crippen molar-refractivity contribution in [1.29, 1.82) is 0 Å². The smallest absolute Gasteiger partial charge is 0.284 e. The lowest BCUT2D eigenvalue weighted by molar-refractivity contribution is -0.131. The van der Waals surface area contributed by atoms with Gasteiger partial charge in [-0.3, -0.25) is 9.59 Å². The molecule has 0 aromatic heterocycles. The zero-order valence-electron chi connectivity index (χ0n) is 11.9. The maximum Gasteiger partial charge on any atom is 0.284 e. The van der Waals surface area contributed by atoms with Crippen molar-refractivity contribution in [2.24, 2.45) is 0 Å². The molecule has 0 bridgehead atoms. The molecule has 0 saturated heterocycles. The minimum Gasteiger partial charge on any atom is -0.496 e. The number of ether oxygens (including phenoxy) is 1. The SMILES string of the molecule is COc1cc(C)c(CCNC(=O)C=O)cc1C(C)C. The van der Waals surface area contributed by atoms with E-state index in [0.717, 1.165) is 22.4 Å². The first kappa shape index (κ1) is 15.2. The minimum atomic E-state index is -0.574. The third-order valence-electron chi connectivity index (χ3n) is 3.11. The van der Waals surface area contributed by atoms with E-state index in [0.29, 0.717) is 25.2 Å². The second-order valence-electron chi connectivity index (χ2n) is 4.83. The molecule has 0 spiro atoms. The number of hydrogen-bond donors (Lipinski definition) is 1. The molecule has 104 valence electrons. The molecule has 1 N–H and O–H groups in total. The number of methoxy groups -OCH3 is 1. The molecule has 19 heavy (non-hydrogen) atoms. The topological polar surface area (TPSA) is 55.4 Å². The molecule has 0 radical (unpaired) electrons. The molecule has 4 heteroatoms. The first-order chi connectivity index (χ1) is 8.99. The Balaban J connectivity index is 2.86. The van der Waals surface area contributed by atoms with Crippen LogP contribution in [-0.4, -0.2) is 25.8 Å². The summed E-state index contributed by atoms with van der Waals surface area (Å²) in [6, 6.07) is 4.14. The number of carbonyl (C=O) groups is 2. The summed E-state index contributed by atoms with van der Waals surface area (Å²) in [6.45, 7) is 6.71. The summed E-state index contributed by atoms with van der Waals surface area (Å²) in [4.78, 5) is 21.1. The lowest BCUT2D eigenvalue weighted by atomic mass is 9.95. The normalized spacial score (nSPS) is 10.4. The lowest BCUT2D eigenvalue weighted by Crippen LogP contribution is -2.26. The van der Waals surface area contributed by atoms with E-state index in [9.17, 15) is 9.59 Å². The van der Waals surface area contributed by atoms with E-state index >= 15 is 0 Å². The predicted octanol–water partition coefficient (Wildman–Crippen LogP) is 1.98. The van der Waals surface area contributed by atoms with Gasteiger partial charge in [0.1, 0.15) is 5.75 Å². The van der Waals surface area contributed by atoms with E-state index in [4.69, 9.17) is 4.74 Å². The molecule has 0 fully saturated rings. The maximum atomic E-state index is 10.9. The highest BCUT2D eigenvalue weighted by Crippen LogP contribution is 2.29. The average Bonchev–Trinajstić information content (AvgIpc) is 2.39. The van der Waals surface area contributed by atoms with Crippen LogP contribution in [0.2, 0.25) is 0 Å². The lowest BCUT2D eigenvalue weighted by Gasteiger charge is -2.16. The van der Waals surface area contributed by atoms with Gasteiger partial charge in [-0.2, -0.15) is 0 Å². The van der Waals surface area contributed by atoms with Gasteiger partial charge < -0.3 is 10.1 Å². The number of nitrogens with one attached hydrogen (secondary N) is 1. The van der Waals surface area contributed by atoms with Gasteiger partial charge in [-0.15, -0.1) is 0 Å². The third-order valence-corrected chi connectivity index (χ3v) is 3.11. The van der Waals surface area contributed by atoms with Gasteiger partial charge in [-0.1, -0.05) is 19.9 Å². The number of aldehydes is 1. The van der Waals surface area contributed by atoms with Crippen molar-refractivity contribution in [2.45, 2.75) is 33.1 Å². The molecular weight excluding hydrogens is 242 g/mol. The molecule has 1 rings (SSSR count). The summed E-state index contributed by atoms with van der Waals surface area (Å²) in [5.41, 5.74) is 3.45. The van der Waals surface area contributed by atoms with Gasteiger partial charge in [0.05, 0.1) is 7.11 Å². The van der Waals surface area contributed by atoms with Gasteiger partial charge >= 0.3 is 0 Å². The Morgan fingerprint density at radius 3 is 2.63 bits per heavy atom. The number of benzene rings is 1. The zero-order chi connectivity index (χ0) is 14.4. The number of hydrogen-bond acceptors (Lipinski definition) is 3. The van der Waals surface area contributed by atoms with Crippen molar-refractivity contribution >= 4 is 12.2 Å². The number of carbonyl (C=O) groups excluding carboxylic acids is 2. The van der Waals surface area contributed by atoms with Crippen LogP contribution in [0.1, 0.15) is 36.5 Å². The third kappa shape index (κ3) is 4.09. The maximum absolute atomic E-state index is 10.9. The van der Waals surface area contributed by atoms with Crippen LogP contribution >= 0.6 is 0 Å². The van der Waals surface area contributed by atoms with Crippen LogP contribution in [0.4, 0.5) is 0 Å². The summed E-state index contributed by atoms with van der Waals surface area (Å²) >= 11 is 0. The van der Waals surface area contributed by atoms with Crippen LogP contribution in [0, 0.1) is 6.92 Å². The van der Waals surface area contributed by atoms with Gasteiger partial charge in [0, 0.05) is 6.54 Å². The van der Waals surface area contributed by atoms with E-state index in [-0.39, 0.29) is 0 Å². The number of amides is 1. The van der Waals surface area contributed by atoms with Crippen molar-refractivity contribution in [1.82, 2.24) is 5.32 Å². The largest absolute Gasteiger partial charge is 0.496 e. The Labute approximate surface area is 114 Å². The van der Waals surface area contributed by atoms with Gasteiger partial charge in [0.2, 0.25) is 6.29 Å². The Kier molecular flexibility index (Phi) is 5.55. The molecule has 1 aromatic carbocycles. The standard InChI is InChI=1S/C15H21NO3/c1-10(2)13-8-12(5-6-16-15(18)9-17)11(3)7-14(13)19-4/h7-10H,5-6H2,1-4H3,(H,16,18). The van der Waals surface area contributed by atoms with Gasteiger partial charge in [0.25, 0.3) is 5.91 Å². The van der Waals surface area contributed by atoms with Crippen molar-refractivity contribution in [3.8, 4) is 5.75 Å². The number of aryl methyl sites for hydroxylation is 1. The van der Waals surface area contributed by atoms with E-state index in [1.54, 1.807) is 7.11 Å². The number of rotatable bonds is 6. The fourth-order valence-corrected chi connectivity index (χ4v) is 2.00. The van der Waals surface area contributed by atoms with Crippen molar-refractivity contribution < 1.29 is 14.3 Å². The Morgan fingerprint density at radius 1 is 1.42 bits per heavy atom. The van der Waals surface area contributed by atoms with Crippen LogP contribution in [0.15, 0.2) is 12.1 Å². The first-order valence-corrected chi connectivity index (χ1v) is 6.40. The monoisotopic (exact) mass is 263 g/mol. The molecule has 0 saturated carbocycles. The van der Waals surface area contributed by atoms with E-state index < -0.39 is 5.91 Å². The Hall–Kier alpha value is -1.84. The Bertz CT molecular complexity index is 467. The summed E-state index contributed by atoms with van der Waals surface area (Å²) in [7, 11) is 1.67. The highest BCUT2D eigenvalue weighted by Gasteiger charge is 2.11. The van der Waals surface area contributed by atoms with Crippen molar-refractivity contribution in [3.63, 3.8) is 0 Å². The summed E-state index contributed by atoms with van der Waals surface area (Å²) in [6.07, 6.45) is 0.996. The molecular formula is C15H21NO3. The second-order valence-corrected chi connectivity index (χ2v) is 4.83. The summed E-state index contributed by atoms with van der Waals surface area (Å²) in [5, 5.41) is 2.55. The molecule has 0 aliphatic heterocycles. The van der Waals surface area contributed by atoms with Crippen LogP contribution in [0.25, 0.3) is 0 Å². The molecule has 0 heterocycles. The Morgan fingerprint density at radius 2 is 2.11 bits per heavy atom. The van der Waals surface area contributed by atoms with Crippen molar-refractivity contribution in [2.75, 3.05) is 13.7 Å². The highest BCUT2D eigenvalue weighted by molar-refractivity contribution is 6.23. The van der Waals surface area contributed by atoms with Gasteiger partial charge in [-0.05, 0) is 42.0 Å². The molecule has 0 atom stereocenters.